The minimum atomic E-state index is -1.19. The Morgan fingerprint density at radius 1 is 1.21 bits per heavy atom. The van der Waals surface area contributed by atoms with Gasteiger partial charge in [-0.3, -0.25) is 19.1 Å². The van der Waals surface area contributed by atoms with E-state index in [1.54, 1.807) is 24.7 Å². The second-order valence-electron chi connectivity index (χ2n) is 7.18. The van der Waals surface area contributed by atoms with E-state index in [9.17, 15) is 19.2 Å². The summed E-state index contributed by atoms with van der Waals surface area (Å²) in [5.74, 6) is -2.82. The highest BCUT2D eigenvalue weighted by Crippen LogP contribution is 2.16. The Hall–Kier alpha value is -3.23. The second-order valence-corrected chi connectivity index (χ2v) is 7.18. The van der Waals surface area contributed by atoms with E-state index in [-0.39, 0.29) is 18.2 Å². The lowest BCUT2D eigenvalue weighted by Gasteiger charge is -2.21. The molecule has 9 nitrogen and oxygen atoms in total. The molecule has 2 atom stereocenters. The molecule has 0 saturated carbocycles. The molecule has 1 heterocycles. The highest BCUT2D eigenvalue weighted by atomic mass is 16.4. The molecular formula is C20H26N4O5. The number of fused-ring (bicyclic) bond motifs is 1. The average Bonchev–Trinajstić information content (AvgIpc) is 3.08. The van der Waals surface area contributed by atoms with Gasteiger partial charge in [0.25, 0.3) is 0 Å². The molecule has 0 bridgehead atoms. The Bertz CT molecular complexity index is 877. The molecule has 0 aliphatic carbocycles. The van der Waals surface area contributed by atoms with Crippen LogP contribution in [0.3, 0.4) is 0 Å². The van der Waals surface area contributed by atoms with Crippen molar-refractivity contribution in [1.29, 1.82) is 0 Å². The number of para-hydroxylation sites is 1. The second kappa shape index (κ2) is 10.4. The van der Waals surface area contributed by atoms with Crippen LogP contribution in [-0.2, 0) is 25.7 Å². The summed E-state index contributed by atoms with van der Waals surface area (Å²) in [5, 5.41) is 19.3. The Morgan fingerprint density at radius 2 is 1.93 bits per heavy atom. The van der Waals surface area contributed by atoms with Gasteiger partial charge in [0.1, 0.15) is 6.29 Å². The molecule has 2 amide bonds. The van der Waals surface area contributed by atoms with Gasteiger partial charge in [0, 0.05) is 24.3 Å². The zero-order chi connectivity index (χ0) is 21.4. The number of carbonyl (C=O) groups excluding carboxylic acids is 3. The average molecular weight is 402 g/mol. The van der Waals surface area contributed by atoms with Gasteiger partial charge >= 0.3 is 5.97 Å². The SMILES string of the molecule is CC(C)C(CC(=O)NCCn1ncc2ccccc21)C(=O)NC(C=O)CC(=O)O. The maximum Gasteiger partial charge on any atom is 0.305 e. The maximum atomic E-state index is 12.4. The van der Waals surface area contributed by atoms with Crippen LogP contribution in [0, 0.1) is 11.8 Å². The number of rotatable bonds is 11. The van der Waals surface area contributed by atoms with Crippen molar-refractivity contribution in [3.05, 3.63) is 30.5 Å². The molecule has 0 saturated heterocycles. The fourth-order valence-corrected chi connectivity index (χ4v) is 3.02. The van der Waals surface area contributed by atoms with Crippen molar-refractivity contribution in [2.24, 2.45) is 11.8 Å². The van der Waals surface area contributed by atoms with Gasteiger partial charge in [0.2, 0.25) is 11.8 Å². The van der Waals surface area contributed by atoms with E-state index in [1.807, 2.05) is 24.3 Å². The zero-order valence-electron chi connectivity index (χ0n) is 16.5. The smallest absolute Gasteiger partial charge is 0.305 e. The van der Waals surface area contributed by atoms with Crippen LogP contribution in [0.15, 0.2) is 30.5 Å². The summed E-state index contributed by atoms with van der Waals surface area (Å²) in [5.41, 5.74) is 0.972. The molecule has 3 N–H and O–H groups in total. The quantitative estimate of drug-likeness (QED) is 0.480. The van der Waals surface area contributed by atoms with Crippen LogP contribution >= 0.6 is 0 Å². The lowest BCUT2D eigenvalue weighted by molar-refractivity contribution is -0.139. The summed E-state index contributed by atoms with van der Waals surface area (Å²) in [6.45, 7) is 4.43. The number of carboxylic acid groups (broad SMARTS) is 1. The van der Waals surface area contributed by atoms with Crippen molar-refractivity contribution in [1.82, 2.24) is 20.4 Å². The number of carbonyl (C=O) groups is 4. The normalized spacial score (nSPS) is 13.1. The molecule has 2 unspecified atom stereocenters. The third-order valence-corrected chi connectivity index (χ3v) is 4.63. The molecule has 0 aliphatic rings. The third-order valence-electron chi connectivity index (χ3n) is 4.63. The first-order chi connectivity index (χ1) is 13.8. The van der Waals surface area contributed by atoms with Crippen LogP contribution in [0.25, 0.3) is 10.9 Å². The highest BCUT2D eigenvalue weighted by molar-refractivity contribution is 5.88. The van der Waals surface area contributed by atoms with Crippen molar-refractivity contribution in [3.63, 3.8) is 0 Å². The minimum Gasteiger partial charge on any atom is -0.481 e. The van der Waals surface area contributed by atoms with E-state index in [4.69, 9.17) is 5.11 Å². The van der Waals surface area contributed by atoms with E-state index < -0.39 is 30.3 Å². The van der Waals surface area contributed by atoms with Gasteiger partial charge in [-0.25, -0.2) is 0 Å². The van der Waals surface area contributed by atoms with Crippen LogP contribution in [-0.4, -0.2) is 51.5 Å². The van der Waals surface area contributed by atoms with Gasteiger partial charge < -0.3 is 20.5 Å². The van der Waals surface area contributed by atoms with Gasteiger partial charge in [0.15, 0.2) is 0 Å². The number of benzene rings is 1. The lowest BCUT2D eigenvalue weighted by Crippen LogP contribution is -2.44. The van der Waals surface area contributed by atoms with Gasteiger partial charge in [0.05, 0.1) is 30.7 Å². The predicted molar refractivity (Wildman–Crippen MR) is 106 cm³/mol. The van der Waals surface area contributed by atoms with E-state index >= 15 is 0 Å². The zero-order valence-corrected chi connectivity index (χ0v) is 16.5. The Balaban J connectivity index is 1.87. The number of hydrogen-bond donors (Lipinski definition) is 3. The molecular weight excluding hydrogens is 376 g/mol. The fraction of sp³-hybridized carbons (Fsp3) is 0.450. The number of nitrogens with zero attached hydrogens (tertiary/aromatic N) is 2. The van der Waals surface area contributed by atoms with E-state index in [2.05, 4.69) is 15.7 Å². The number of aliphatic carboxylic acids is 1. The standard InChI is InChI=1S/C20H26N4O5/c1-13(2)16(20(29)23-15(12-25)9-19(27)28)10-18(26)21-7-8-24-17-6-4-3-5-14(17)11-22-24/h3-6,11-13,15-16H,7-10H2,1-2H3,(H,21,26)(H,23,29)(H,27,28). The molecule has 0 fully saturated rings. The van der Waals surface area contributed by atoms with Crippen LogP contribution < -0.4 is 10.6 Å². The van der Waals surface area contributed by atoms with Crippen molar-refractivity contribution < 1.29 is 24.3 Å². The summed E-state index contributed by atoms with van der Waals surface area (Å²) in [7, 11) is 0. The van der Waals surface area contributed by atoms with Crippen LogP contribution in [0.4, 0.5) is 0 Å². The summed E-state index contributed by atoms with van der Waals surface area (Å²) >= 11 is 0. The first-order valence-corrected chi connectivity index (χ1v) is 9.46. The number of hydrogen-bond acceptors (Lipinski definition) is 5. The Kier molecular flexibility index (Phi) is 7.88. The molecule has 0 aliphatic heterocycles. The number of amides is 2. The van der Waals surface area contributed by atoms with Gasteiger partial charge in [-0.05, 0) is 12.0 Å². The molecule has 1 aromatic heterocycles. The van der Waals surface area contributed by atoms with Crippen LogP contribution in [0.5, 0.6) is 0 Å². The molecule has 9 heteroatoms. The molecule has 0 spiro atoms. The van der Waals surface area contributed by atoms with E-state index in [0.717, 1.165) is 10.9 Å². The lowest BCUT2D eigenvalue weighted by atomic mass is 9.91. The molecule has 2 aromatic rings. The van der Waals surface area contributed by atoms with Gasteiger partial charge in [-0.2, -0.15) is 5.10 Å². The highest BCUT2D eigenvalue weighted by Gasteiger charge is 2.27. The summed E-state index contributed by atoms with van der Waals surface area (Å²) in [4.78, 5) is 46.4. The first-order valence-electron chi connectivity index (χ1n) is 9.46. The monoisotopic (exact) mass is 402 g/mol. The summed E-state index contributed by atoms with van der Waals surface area (Å²) < 4.78 is 1.79. The molecule has 2 rings (SSSR count). The Morgan fingerprint density at radius 3 is 2.59 bits per heavy atom. The van der Waals surface area contributed by atoms with E-state index in [0.29, 0.717) is 19.4 Å². The number of carboxylic acids is 1. The maximum absolute atomic E-state index is 12.4. The third kappa shape index (κ3) is 6.41. The molecule has 156 valence electrons. The first kappa shape index (κ1) is 22.1. The van der Waals surface area contributed by atoms with Crippen molar-refractivity contribution in [2.45, 2.75) is 39.3 Å². The fourth-order valence-electron chi connectivity index (χ4n) is 3.02. The van der Waals surface area contributed by atoms with Gasteiger partial charge in [-0.1, -0.05) is 32.0 Å². The number of aldehydes is 1. The van der Waals surface area contributed by atoms with Crippen molar-refractivity contribution in [2.75, 3.05) is 6.54 Å². The molecule has 0 radical (unpaired) electrons. The topological polar surface area (TPSA) is 130 Å². The minimum absolute atomic E-state index is 0.0536. The van der Waals surface area contributed by atoms with E-state index in [1.165, 1.54) is 0 Å². The molecule has 29 heavy (non-hydrogen) atoms. The molecule has 1 aromatic carbocycles. The summed E-state index contributed by atoms with van der Waals surface area (Å²) in [6, 6.07) is 6.64. The van der Waals surface area contributed by atoms with Gasteiger partial charge in [-0.15, -0.1) is 0 Å². The van der Waals surface area contributed by atoms with Crippen molar-refractivity contribution >= 4 is 35.0 Å². The number of aromatic nitrogens is 2. The predicted octanol–water partition coefficient (Wildman–Crippen LogP) is 0.973. The van der Waals surface area contributed by atoms with Crippen molar-refractivity contribution in [3.8, 4) is 0 Å². The largest absolute Gasteiger partial charge is 0.481 e. The summed E-state index contributed by atoms with van der Waals surface area (Å²) in [6.07, 6.45) is 1.60. The number of nitrogens with one attached hydrogen (secondary N) is 2. The van der Waals surface area contributed by atoms with Crippen LogP contribution in [0.1, 0.15) is 26.7 Å². The Labute approximate surface area is 168 Å². The van der Waals surface area contributed by atoms with Crippen LogP contribution in [0.2, 0.25) is 0 Å².